The maximum Gasteiger partial charge on any atom is 0.433 e. The van der Waals surface area contributed by atoms with Crippen LogP contribution in [0.5, 0.6) is 0 Å². The number of morpholine rings is 1. The number of H-pyrrole nitrogens is 1. The van der Waals surface area contributed by atoms with Crippen molar-refractivity contribution < 1.29 is 22.7 Å². The van der Waals surface area contributed by atoms with Gasteiger partial charge in [0.2, 0.25) is 0 Å². The van der Waals surface area contributed by atoms with Crippen molar-refractivity contribution in [2.75, 3.05) is 24.6 Å². The summed E-state index contributed by atoms with van der Waals surface area (Å²) in [5.41, 5.74) is 0.187. The maximum atomic E-state index is 13.1. The number of rotatable bonds is 4. The van der Waals surface area contributed by atoms with Gasteiger partial charge in [-0.3, -0.25) is 14.8 Å². The summed E-state index contributed by atoms with van der Waals surface area (Å²) in [6.45, 7) is 2.01. The quantitative estimate of drug-likeness (QED) is 0.677. The third-order valence-electron chi connectivity index (χ3n) is 4.56. The largest absolute Gasteiger partial charge is 0.433 e. The molecule has 2 aromatic heterocycles. The number of halogens is 3. The third kappa shape index (κ3) is 4.16. The molecule has 2 N–H and O–H groups in total. The van der Waals surface area contributed by atoms with E-state index < -0.39 is 17.8 Å². The van der Waals surface area contributed by atoms with Crippen LogP contribution in [0.1, 0.15) is 27.8 Å². The lowest BCUT2D eigenvalue weighted by Crippen LogP contribution is -2.33. The van der Waals surface area contributed by atoms with Gasteiger partial charge in [0, 0.05) is 25.4 Å². The van der Waals surface area contributed by atoms with Gasteiger partial charge < -0.3 is 10.1 Å². The summed E-state index contributed by atoms with van der Waals surface area (Å²) in [7, 11) is 0. The van der Waals surface area contributed by atoms with E-state index in [1.807, 2.05) is 0 Å². The minimum Gasteiger partial charge on any atom is -0.371 e. The Bertz CT molecular complexity index is 1000. The zero-order valence-corrected chi connectivity index (χ0v) is 15.6. The zero-order chi connectivity index (χ0) is 21.1. The molecule has 4 rings (SSSR count). The first-order valence-corrected chi connectivity index (χ1v) is 9.09. The normalized spacial score (nSPS) is 17.0. The fraction of sp³-hybridized carbons (Fsp3) is 0.263. The topological polar surface area (TPSA) is 96.0 Å². The van der Waals surface area contributed by atoms with Crippen LogP contribution in [-0.4, -0.2) is 45.8 Å². The number of ether oxygens (including phenoxy) is 1. The molecule has 30 heavy (non-hydrogen) atoms. The number of aromatic nitrogens is 4. The zero-order valence-electron chi connectivity index (χ0n) is 15.6. The molecule has 1 saturated heterocycles. The molecule has 1 fully saturated rings. The fourth-order valence-corrected chi connectivity index (χ4v) is 3.09. The van der Waals surface area contributed by atoms with E-state index in [1.54, 1.807) is 24.3 Å². The Labute approximate surface area is 169 Å². The molecule has 1 aromatic carbocycles. The number of hydrogen-bond acceptors (Lipinski definition) is 6. The van der Waals surface area contributed by atoms with Crippen LogP contribution >= 0.6 is 0 Å². The number of anilines is 2. The molecular weight excluding hydrogens is 401 g/mol. The Hall–Kier alpha value is -3.31. The highest BCUT2D eigenvalue weighted by Gasteiger charge is 2.34. The number of carbonyl (C=O) groups excluding carboxylic acids is 1. The summed E-state index contributed by atoms with van der Waals surface area (Å²) in [6, 6.07) is 8.97. The van der Waals surface area contributed by atoms with Crippen molar-refractivity contribution in [3.8, 4) is 0 Å². The minimum atomic E-state index is -4.67. The maximum absolute atomic E-state index is 13.1. The van der Waals surface area contributed by atoms with Crippen molar-refractivity contribution in [1.29, 1.82) is 0 Å². The summed E-state index contributed by atoms with van der Waals surface area (Å²) in [5.74, 6) is -0.817. The van der Waals surface area contributed by atoms with E-state index in [2.05, 4.69) is 25.5 Å². The first kappa shape index (κ1) is 20.0. The Kier molecular flexibility index (Phi) is 5.46. The van der Waals surface area contributed by atoms with Gasteiger partial charge >= 0.3 is 6.18 Å². The Morgan fingerprint density at radius 3 is 2.60 bits per heavy atom. The van der Waals surface area contributed by atoms with Crippen molar-refractivity contribution >= 4 is 17.4 Å². The molecule has 0 aliphatic carbocycles. The lowest BCUT2D eigenvalue weighted by molar-refractivity contribution is -0.141. The van der Waals surface area contributed by atoms with Gasteiger partial charge in [0.25, 0.3) is 5.91 Å². The second kappa shape index (κ2) is 8.20. The summed E-state index contributed by atoms with van der Waals surface area (Å²) in [6.07, 6.45) is -2.65. The molecule has 3 heterocycles. The van der Waals surface area contributed by atoms with Gasteiger partial charge in [-0.15, -0.1) is 0 Å². The van der Waals surface area contributed by atoms with Gasteiger partial charge in [0.05, 0.1) is 18.4 Å². The smallest absolute Gasteiger partial charge is 0.371 e. The van der Waals surface area contributed by atoms with Crippen LogP contribution in [0, 0.1) is 0 Å². The number of aromatic amines is 1. The standard InChI is InChI=1S/C19H17F3N6O2/c20-19(21,22)16-9-17(25-11-24-16)28(18(29)14-5-6-26-27-14)13-3-1-12(2-4-13)15-10-23-7-8-30-15/h1-6,9,11,15,23H,7-8,10H2,(H,26,27)/t15-/m1/s1. The molecule has 0 bridgehead atoms. The molecule has 3 aromatic rings. The Morgan fingerprint density at radius 1 is 1.17 bits per heavy atom. The molecule has 0 unspecified atom stereocenters. The number of carbonyl (C=O) groups is 1. The third-order valence-corrected chi connectivity index (χ3v) is 4.56. The van der Waals surface area contributed by atoms with Crippen LogP contribution in [-0.2, 0) is 10.9 Å². The first-order valence-electron chi connectivity index (χ1n) is 9.09. The lowest BCUT2D eigenvalue weighted by Gasteiger charge is -2.25. The van der Waals surface area contributed by atoms with Crippen molar-refractivity contribution in [2.45, 2.75) is 12.3 Å². The summed E-state index contributed by atoms with van der Waals surface area (Å²) < 4.78 is 45.1. The van der Waals surface area contributed by atoms with E-state index in [1.165, 1.54) is 12.3 Å². The van der Waals surface area contributed by atoms with Gasteiger partial charge in [-0.2, -0.15) is 18.3 Å². The van der Waals surface area contributed by atoms with Gasteiger partial charge in [-0.05, 0) is 23.8 Å². The van der Waals surface area contributed by atoms with Crippen LogP contribution in [0.3, 0.4) is 0 Å². The molecule has 1 atom stereocenters. The predicted molar refractivity (Wildman–Crippen MR) is 100 cm³/mol. The average molecular weight is 418 g/mol. The summed E-state index contributed by atoms with van der Waals surface area (Å²) in [5, 5.41) is 9.50. The van der Waals surface area contributed by atoms with E-state index >= 15 is 0 Å². The minimum absolute atomic E-state index is 0.103. The molecular formula is C19H17F3N6O2. The molecule has 1 aliphatic rings. The molecule has 8 nitrogen and oxygen atoms in total. The lowest BCUT2D eigenvalue weighted by atomic mass is 10.1. The van der Waals surface area contributed by atoms with E-state index in [9.17, 15) is 18.0 Å². The van der Waals surface area contributed by atoms with Crippen LogP contribution < -0.4 is 10.2 Å². The van der Waals surface area contributed by atoms with Gasteiger partial charge in [-0.1, -0.05) is 12.1 Å². The SMILES string of the molecule is O=C(c1ccn[nH]1)N(c1ccc([C@H]2CNCCO2)cc1)c1cc(C(F)(F)F)ncn1. The molecule has 0 spiro atoms. The van der Waals surface area contributed by atoms with E-state index in [-0.39, 0.29) is 17.6 Å². The van der Waals surface area contributed by atoms with Gasteiger partial charge in [0.15, 0.2) is 0 Å². The highest BCUT2D eigenvalue weighted by Crippen LogP contribution is 2.32. The molecule has 1 aliphatic heterocycles. The Morgan fingerprint density at radius 2 is 1.97 bits per heavy atom. The average Bonchev–Trinajstić information content (AvgIpc) is 3.30. The number of benzene rings is 1. The molecule has 0 radical (unpaired) electrons. The van der Waals surface area contributed by atoms with E-state index in [0.717, 1.165) is 29.4 Å². The van der Waals surface area contributed by atoms with E-state index in [4.69, 9.17) is 4.74 Å². The monoisotopic (exact) mass is 418 g/mol. The van der Waals surface area contributed by atoms with Crippen molar-refractivity contribution in [2.24, 2.45) is 0 Å². The Balaban J connectivity index is 1.72. The van der Waals surface area contributed by atoms with Gasteiger partial charge in [0.1, 0.15) is 23.5 Å². The van der Waals surface area contributed by atoms with Crippen molar-refractivity contribution in [3.05, 3.63) is 65.9 Å². The first-order chi connectivity index (χ1) is 14.4. The number of amides is 1. The van der Waals surface area contributed by atoms with Crippen molar-refractivity contribution in [1.82, 2.24) is 25.5 Å². The van der Waals surface area contributed by atoms with Crippen LogP contribution in [0.15, 0.2) is 48.9 Å². The fourth-order valence-electron chi connectivity index (χ4n) is 3.09. The number of alkyl halides is 3. The highest BCUT2D eigenvalue weighted by atomic mass is 19.4. The summed E-state index contributed by atoms with van der Waals surface area (Å²) in [4.78, 5) is 21.3. The molecule has 0 saturated carbocycles. The molecule has 156 valence electrons. The summed E-state index contributed by atoms with van der Waals surface area (Å²) >= 11 is 0. The van der Waals surface area contributed by atoms with Crippen LogP contribution in [0.4, 0.5) is 24.7 Å². The van der Waals surface area contributed by atoms with Crippen LogP contribution in [0.25, 0.3) is 0 Å². The second-order valence-electron chi connectivity index (χ2n) is 6.53. The number of nitrogens with one attached hydrogen (secondary N) is 2. The van der Waals surface area contributed by atoms with Crippen LogP contribution in [0.2, 0.25) is 0 Å². The molecule has 1 amide bonds. The number of nitrogens with zero attached hydrogens (tertiary/aromatic N) is 4. The molecule has 11 heteroatoms. The van der Waals surface area contributed by atoms with Crippen molar-refractivity contribution in [3.63, 3.8) is 0 Å². The van der Waals surface area contributed by atoms with Gasteiger partial charge in [-0.25, -0.2) is 9.97 Å². The van der Waals surface area contributed by atoms with E-state index in [0.29, 0.717) is 18.8 Å². The second-order valence-corrected chi connectivity index (χ2v) is 6.53. The predicted octanol–water partition coefficient (Wildman–Crippen LogP) is 2.86. The highest BCUT2D eigenvalue weighted by molar-refractivity contribution is 6.09. The number of hydrogen-bond donors (Lipinski definition) is 2.